The minimum atomic E-state index is -3.29. The van der Waals surface area contributed by atoms with E-state index in [1.54, 1.807) is 18.3 Å². The predicted molar refractivity (Wildman–Crippen MR) is 112 cm³/mol. The maximum absolute atomic E-state index is 11.8. The average Bonchev–Trinajstić information content (AvgIpc) is 3.06. The lowest BCUT2D eigenvalue weighted by atomic mass is 10.1. The molecule has 0 aliphatic carbocycles. The van der Waals surface area contributed by atoms with Crippen molar-refractivity contribution in [3.05, 3.63) is 78.0 Å². The summed E-state index contributed by atoms with van der Waals surface area (Å²) in [6, 6.07) is 14.8. The van der Waals surface area contributed by atoms with Crippen LogP contribution in [0.4, 0.5) is 0 Å². The highest BCUT2D eigenvalue weighted by molar-refractivity contribution is 7.89. The van der Waals surface area contributed by atoms with Gasteiger partial charge in [0.2, 0.25) is 10.0 Å². The van der Waals surface area contributed by atoms with Gasteiger partial charge in [-0.25, -0.2) is 12.4 Å². The fourth-order valence-corrected chi connectivity index (χ4v) is 3.69. The molecule has 0 atom stereocenters. The molecule has 0 saturated carbocycles. The van der Waals surface area contributed by atoms with Gasteiger partial charge in [-0.05, 0) is 54.7 Å². The lowest BCUT2D eigenvalue weighted by Gasteiger charge is -2.02. The van der Waals surface area contributed by atoms with Gasteiger partial charge in [0.1, 0.15) is 5.75 Å². The summed E-state index contributed by atoms with van der Waals surface area (Å²) in [5, 5.41) is 10.2. The van der Waals surface area contributed by atoms with Gasteiger partial charge in [-0.2, -0.15) is 0 Å². The number of hydrogen-bond acceptors (Lipinski definition) is 3. The van der Waals surface area contributed by atoms with E-state index in [-0.39, 0.29) is 5.75 Å². The largest absolute Gasteiger partial charge is 0.508 e. The molecule has 0 unspecified atom stereocenters. The summed E-state index contributed by atoms with van der Waals surface area (Å²) in [5.41, 5.74) is 2.77. The van der Waals surface area contributed by atoms with Crippen molar-refractivity contribution in [2.75, 3.05) is 6.26 Å². The maximum Gasteiger partial charge on any atom is 0.236 e. The van der Waals surface area contributed by atoms with Crippen LogP contribution in [-0.4, -0.2) is 23.8 Å². The summed E-state index contributed by atoms with van der Waals surface area (Å²) in [6.45, 7) is 0. The molecule has 1 heterocycles. The lowest BCUT2D eigenvalue weighted by Crippen LogP contribution is -2.07. The number of hydrogen-bond donors (Lipinski definition) is 1. The molecule has 0 aliphatic heterocycles. The Morgan fingerprint density at radius 1 is 0.926 bits per heavy atom. The van der Waals surface area contributed by atoms with Gasteiger partial charge in [0.05, 0.1) is 11.8 Å². The van der Waals surface area contributed by atoms with E-state index in [4.69, 9.17) is 0 Å². The number of unbranched alkanes of at least 4 members (excludes halogenated alkanes) is 2. The van der Waals surface area contributed by atoms with E-state index in [1.165, 1.54) is 10.2 Å². The lowest BCUT2D eigenvalue weighted by molar-refractivity contribution is 0.475. The first-order valence-corrected chi connectivity index (χ1v) is 10.7. The zero-order valence-corrected chi connectivity index (χ0v) is 16.1. The summed E-state index contributed by atoms with van der Waals surface area (Å²) in [6.07, 6.45) is 14.1. The molecule has 1 aromatic heterocycles. The molecule has 27 heavy (non-hydrogen) atoms. The third-order valence-electron chi connectivity index (χ3n) is 4.29. The molecule has 0 bridgehead atoms. The Hall–Kier alpha value is -2.79. The molecule has 0 fully saturated rings. The quantitative estimate of drug-likeness (QED) is 0.583. The van der Waals surface area contributed by atoms with Crippen molar-refractivity contribution >= 4 is 33.1 Å². The number of nitrogens with zero attached hydrogens (tertiary/aromatic N) is 1. The Morgan fingerprint density at radius 2 is 1.56 bits per heavy atom. The van der Waals surface area contributed by atoms with E-state index in [2.05, 4.69) is 18.2 Å². The summed E-state index contributed by atoms with van der Waals surface area (Å²) in [7, 11) is -3.29. The molecule has 0 spiro atoms. The van der Waals surface area contributed by atoms with Gasteiger partial charge in [-0.1, -0.05) is 48.6 Å². The van der Waals surface area contributed by atoms with Gasteiger partial charge in [0.25, 0.3) is 0 Å². The van der Waals surface area contributed by atoms with Crippen LogP contribution in [0.5, 0.6) is 5.75 Å². The molecule has 5 heteroatoms. The molecular weight excluding hydrogens is 358 g/mol. The number of aromatic hydroxyl groups is 1. The van der Waals surface area contributed by atoms with Gasteiger partial charge >= 0.3 is 0 Å². The number of benzene rings is 2. The van der Waals surface area contributed by atoms with E-state index >= 15 is 0 Å². The zero-order valence-electron chi connectivity index (χ0n) is 15.2. The second kappa shape index (κ2) is 8.27. The molecule has 2 aromatic carbocycles. The molecular formula is C22H23NO3S. The first-order chi connectivity index (χ1) is 12.9. The van der Waals surface area contributed by atoms with Crippen molar-refractivity contribution in [2.45, 2.75) is 19.3 Å². The zero-order chi connectivity index (χ0) is 19.3. The average molecular weight is 381 g/mol. The van der Waals surface area contributed by atoms with Crippen LogP contribution in [0.2, 0.25) is 0 Å². The first-order valence-electron chi connectivity index (χ1n) is 8.87. The highest BCUT2D eigenvalue weighted by Gasteiger charge is 2.09. The van der Waals surface area contributed by atoms with Crippen molar-refractivity contribution in [3.63, 3.8) is 0 Å². The molecule has 3 rings (SSSR count). The van der Waals surface area contributed by atoms with E-state index < -0.39 is 10.0 Å². The Kier molecular flexibility index (Phi) is 5.81. The van der Waals surface area contributed by atoms with E-state index in [9.17, 15) is 13.5 Å². The van der Waals surface area contributed by atoms with Crippen LogP contribution in [0.25, 0.3) is 23.1 Å². The van der Waals surface area contributed by atoms with Gasteiger partial charge in [0, 0.05) is 11.6 Å². The number of fused-ring (bicyclic) bond motifs is 1. The first kappa shape index (κ1) is 19.0. The minimum Gasteiger partial charge on any atom is -0.508 e. The van der Waals surface area contributed by atoms with Crippen LogP contribution in [0, 0.1) is 0 Å². The molecule has 0 saturated heterocycles. The van der Waals surface area contributed by atoms with Gasteiger partial charge in [0.15, 0.2) is 0 Å². The number of aromatic nitrogens is 1. The van der Waals surface area contributed by atoms with Crippen LogP contribution in [0.15, 0.2) is 66.9 Å². The van der Waals surface area contributed by atoms with Crippen LogP contribution < -0.4 is 0 Å². The van der Waals surface area contributed by atoms with E-state index in [0.717, 1.165) is 35.8 Å². The molecule has 0 amide bonds. The topological polar surface area (TPSA) is 59.3 Å². The molecule has 140 valence electrons. The number of phenolic OH excluding ortho intramolecular Hbond substituents is 1. The smallest absolute Gasteiger partial charge is 0.236 e. The van der Waals surface area contributed by atoms with Crippen molar-refractivity contribution in [1.29, 1.82) is 0 Å². The van der Waals surface area contributed by atoms with E-state index in [0.29, 0.717) is 5.52 Å². The van der Waals surface area contributed by atoms with Gasteiger partial charge < -0.3 is 5.11 Å². The fraction of sp³-hybridized carbons (Fsp3) is 0.182. The monoisotopic (exact) mass is 381 g/mol. The molecule has 0 aliphatic rings. The SMILES string of the molecule is CS(=O)(=O)n1ccc2ccc(/C=C/CCC/C=C/c3ccc(O)cc3)cc21. The van der Waals surface area contributed by atoms with Crippen molar-refractivity contribution in [3.8, 4) is 5.75 Å². The van der Waals surface area contributed by atoms with Crippen LogP contribution >= 0.6 is 0 Å². The van der Waals surface area contributed by atoms with E-state index in [1.807, 2.05) is 42.5 Å². The minimum absolute atomic E-state index is 0.277. The molecule has 1 N–H and O–H groups in total. The number of phenols is 1. The Labute approximate surface area is 160 Å². The predicted octanol–water partition coefficient (Wildman–Crippen LogP) is 5.05. The Bertz CT molecular complexity index is 1070. The van der Waals surface area contributed by atoms with Crippen LogP contribution in [-0.2, 0) is 10.0 Å². The standard InChI is InChI=1S/C22H23NO3S/c1-27(25,26)23-16-15-20-12-9-19(17-22(20)23)8-6-4-2-3-5-7-18-10-13-21(24)14-11-18/h5-17,24H,2-4H2,1H3/b7-5+,8-6+. The van der Waals surface area contributed by atoms with Crippen molar-refractivity contribution < 1.29 is 13.5 Å². The number of rotatable bonds is 7. The fourth-order valence-electron chi connectivity index (χ4n) is 2.89. The normalized spacial score (nSPS) is 12.5. The molecule has 0 radical (unpaired) electrons. The third-order valence-corrected chi connectivity index (χ3v) is 5.33. The van der Waals surface area contributed by atoms with Gasteiger partial charge in [-0.15, -0.1) is 0 Å². The summed E-state index contributed by atoms with van der Waals surface area (Å²) in [5.74, 6) is 0.277. The second-order valence-electron chi connectivity index (χ2n) is 6.52. The number of allylic oxidation sites excluding steroid dienone is 2. The summed E-state index contributed by atoms with van der Waals surface area (Å²) < 4.78 is 25.0. The van der Waals surface area contributed by atoms with Gasteiger partial charge in [-0.3, -0.25) is 0 Å². The van der Waals surface area contributed by atoms with Crippen molar-refractivity contribution in [1.82, 2.24) is 3.97 Å². The molecule has 4 nitrogen and oxygen atoms in total. The summed E-state index contributed by atoms with van der Waals surface area (Å²) >= 11 is 0. The highest BCUT2D eigenvalue weighted by atomic mass is 32.2. The highest BCUT2D eigenvalue weighted by Crippen LogP contribution is 2.20. The van der Waals surface area contributed by atoms with Crippen LogP contribution in [0.1, 0.15) is 30.4 Å². The second-order valence-corrected chi connectivity index (χ2v) is 8.38. The maximum atomic E-state index is 11.8. The Morgan fingerprint density at radius 3 is 2.22 bits per heavy atom. The molecule has 3 aromatic rings. The van der Waals surface area contributed by atoms with Crippen molar-refractivity contribution in [2.24, 2.45) is 0 Å². The van der Waals surface area contributed by atoms with Crippen LogP contribution in [0.3, 0.4) is 0 Å². The third kappa shape index (κ3) is 5.11. The summed E-state index contributed by atoms with van der Waals surface area (Å²) in [4.78, 5) is 0. The Balaban J connectivity index is 1.54.